The lowest BCUT2D eigenvalue weighted by Crippen LogP contribution is -2.31. The minimum absolute atomic E-state index is 0. The molecule has 0 bridgehead atoms. The molecule has 5 nitrogen and oxygen atoms in total. The maximum atomic E-state index is 12.4. The first kappa shape index (κ1) is 20.4. The van der Waals surface area contributed by atoms with Crippen molar-refractivity contribution < 1.29 is 23.0 Å². The van der Waals surface area contributed by atoms with Gasteiger partial charge in [-0.1, -0.05) is 6.42 Å². The molecule has 0 radical (unpaired) electrons. The summed E-state index contributed by atoms with van der Waals surface area (Å²) in [6.45, 7) is -2.82. The van der Waals surface area contributed by atoms with Crippen molar-refractivity contribution in [2.24, 2.45) is 11.7 Å². The fraction of sp³-hybridized carbons (Fsp3) is 0.562. The first-order chi connectivity index (χ1) is 11.0. The first-order valence-electron chi connectivity index (χ1n) is 7.63. The van der Waals surface area contributed by atoms with Gasteiger partial charge in [0.1, 0.15) is 11.5 Å². The zero-order chi connectivity index (χ0) is 16.8. The number of halogens is 3. The van der Waals surface area contributed by atoms with Crippen LogP contribution in [0.15, 0.2) is 18.2 Å². The molecule has 0 spiro atoms. The second kappa shape index (κ2) is 9.64. The Morgan fingerprint density at radius 2 is 2.17 bits per heavy atom. The van der Waals surface area contributed by atoms with E-state index < -0.39 is 6.61 Å². The minimum Gasteiger partial charge on any atom is -0.497 e. The van der Waals surface area contributed by atoms with E-state index in [1.807, 2.05) is 0 Å². The number of ether oxygens (including phenoxy) is 2. The van der Waals surface area contributed by atoms with E-state index >= 15 is 0 Å². The van der Waals surface area contributed by atoms with Crippen LogP contribution >= 0.6 is 12.4 Å². The van der Waals surface area contributed by atoms with Crippen LogP contribution < -0.4 is 20.5 Å². The third-order valence-electron chi connectivity index (χ3n) is 4.13. The van der Waals surface area contributed by atoms with Crippen molar-refractivity contribution in [2.75, 3.05) is 7.11 Å². The molecule has 2 atom stereocenters. The average molecular weight is 365 g/mol. The molecule has 0 unspecified atom stereocenters. The average Bonchev–Trinajstić information content (AvgIpc) is 2.91. The molecule has 1 saturated carbocycles. The second-order valence-corrected chi connectivity index (χ2v) is 5.69. The lowest BCUT2D eigenvalue weighted by Gasteiger charge is -2.16. The molecule has 8 heteroatoms. The number of hydrogen-bond donors (Lipinski definition) is 2. The summed E-state index contributed by atoms with van der Waals surface area (Å²) in [4.78, 5) is 12.0. The number of nitrogens with one attached hydrogen (secondary N) is 1. The fourth-order valence-electron chi connectivity index (χ4n) is 2.85. The molecule has 136 valence electrons. The highest BCUT2D eigenvalue weighted by Gasteiger charge is 2.26. The van der Waals surface area contributed by atoms with Crippen LogP contribution in [-0.2, 0) is 11.3 Å². The largest absolute Gasteiger partial charge is 0.497 e. The van der Waals surface area contributed by atoms with Crippen LogP contribution in [0.2, 0.25) is 0 Å². The molecule has 1 aliphatic carbocycles. The zero-order valence-electron chi connectivity index (χ0n) is 13.5. The summed E-state index contributed by atoms with van der Waals surface area (Å²) in [5.74, 6) is 0.586. The summed E-state index contributed by atoms with van der Waals surface area (Å²) >= 11 is 0. The Balaban J connectivity index is 0.00000288. The van der Waals surface area contributed by atoms with Crippen LogP contribution in [0.3, 0.4) is 0 Å². The molecule has 1 fully saturated rings. The van der Waals surface area contributed by atoms with Crippen molar-refractivity contribution in [1.29, 1.82) is 0 Å². The van der Waals surface area contributed by atoms with Gasteiger partial charge < -0.3 is 20.5 Å². The summed E-state index contributed by atoms with van der Waals surface area (Å²) in [5.41, 5.74) is 6.39. The van der Waals surface area contributed by atoms with Gasteiger partial charge in [0.05, 0.1) is 7.11 Å². The zero-order valence-corrected chi connectivity index (χ0v) is 14.3. The van der Waals surface area contributed by atoms with E-state index in [1.54, 1.807) is 6.07 Å². The van der Waals surface area contributed by atoms with Gasteiger partial charge in [0.25, 0.3) is 0 Å². The molecule has 1 aromatic rings. The maximum Gasteiger partial charge on any atom is 0.387 e. The predicted octanol–water partition coefficient (Wildman–Crippen LogP) is 2.85. The van der Waals surface area contributed by atoms with Crippen LogP contribution in [0.4, 0.5) is 8.78 Å². The van der Waals surface area contributed by atoms with E-state index in [2.05, 4.69) is 10.1 Å². The van der Waals surface area contributed by atoms with E-state index in [0.29, 0.717) is 17.7 Å². The Kier molecular flexibility index (Phi) is 8.21. The van der Waals surface area contributed by atoms with Gasteiger partial charge in [-0.2, -0.15) is 8.78 Å². The molecule has 1 aromatic carbocycles. The van der Waals surface area contributed by atoms with Crippen molar-refractivity contribution in [2.45, 2.75) is 44.9 Å². The normalized spacial score (nSPS) is 19.7. The Bertz CT molecular complexity index is 546. The molecular weight excluding hydrogens is 342 g/mol. The second-order valence-electron chi connectivity index (χ2n) is 5.69. The van der Waals surface area contributed by atoms with Gasteiger partial charge in [0.15, 0.2) is 0 Å². The molecule has 0 aromatic heterocycles. The van der Waals surface area contributed by atoms with Crippen LogP contribution in [0.1, 0.15) is 31.2 Å². The van der Waals surface area contributed by atoms with Gasteiger partial charge in [-0.05, 0) is 37.0 Å². The Hall–Kier alpha value is -1.60. The highest BCUT2D eigenvalue weighted by molar-refractivity contribution is 5.85. The molecule has 3 N–H and O–H groups in total. The third-order valence-corrected chi connectivity index (χ3v) is 4.13. The topological polar surface area (TPSA) is 73.6 Å². The molecule has 0 aliphatic heterocycles. The van der Waals surface area contributed by atoms with Gasteiger partial charge in [-0.15, -0.1) is 12.4 Å². The fourth-order valence-corrected chi connectivity index (χ4v) is 2.85. The number of hydrogen-bond acceptors (Lipinski definition) is 4. The van der Waals surface area contributed by atoms with Crippen molar-refractivity contribution >= 4 is 18.3 Å². The molecule has 1 aliphatic rings. The third kappa shape index (κ3) is 5.79. The molecule has 2 rings (SSSR count). The number of carbonyl (C=O) groups is 1. The van der Waals surface area contributed by atoms with E-state index in [9.17, 15) is 13.6 Å². The van der Waals surface area contributed by atoms with Gasteiger partial charge in [0, 0.05) is 24.6 Å². The number of benzene rings is 1. The maximum absolute atomic E-state index is 12.4. The van der Waals surface area contributed by atoms with E-state index in [0.717, 1.165) is 19.3 Å². The lowest BCUT2D eigenvalue weighted by molar-refractivity contribution is -0.122. The molecular formula is C16H23ClF2N2O3. The van der Waals surface area contributed by atoms with Gasteiger partial charge in [-0.3, -0.25) is 4.79 Å². The Morgan fingerprint density at radius 1 is 1.42 bits per heavy atom. The van der Waals surface area contributed by atoms with Gasteiger partial charge in [-0.25, -0.2) is 0 Å². The van der Waals surface area contributed by atoms with Crippen LogP contribution in [-0.4, -0.2) is 25.7 Å². The summed E-state index contributed by atoms with van der Waals surface area (Å²) in [5, 5.41) is 2.74. The highest BCUT2D eigenvalue weighted by atomic mass is 35.5. The summed E-state index contributed by atoms with van der Waals surface area (Å²) < 4.78 is 34.4. The van der Waals surface area contributed by atoms with Crippen LogP contribution in [0.25, 0.3) is 0 Å². The number of alkyl halides is 2. The summed E-state index contributed by atoms with van der Waals surface area (Å²) in [7, 11) is 1.48. The monoisotopic (exact) mass is 364 g/mol. The lowest BCUT2D eigenvalue weighted by atomic mass is 10.00. The standard InChI is InChI=1S/C16H22F2N2O3.ClH/c1-22-12-5-6-14(23-16(17)18)11(7-12)9-20-15(21)8-10-3-2-4-13(10)19;/h5-7,10,13,16H,2-4,8-9,19H2,1H3,(H,20,21);1H/t10-,13+;/m0./s1. The number of rotatable bonds is 7. The van der Waals surface area contributed by atoms with Gasteiger partial charge >= 0.3 is 6.61 Å². The first-order valence-corrected chi connectivity index (χ1v) is 7.63. The molecule has 1 amide bonds. The van der Waals surface area contributed by atoms with Crippen molar-refractivity contribution in [3.05, 3.63) is 23.8 Å². The van der Waals surface area contributed by atoms with E-state index in [1.165, 1.54) is 19.2 Å². The Morgan fingerprint density at radius 3 is 2.75 bits per heavy atom. The number of amides is 1. The quantitative estimate of drug-likeness (QED) is 0.780. The minimum atomic E-state index is -2.92. The SMILES string of the molecule is COc1ccc(OC(F)F)c(CNC(=O)C[C@@H]2CCC[C@H]2N)c1.Cl. The number of methoxy groups -OCH3 is 1. The van der Waals surface area contributed by atoms with E-state index in [4.69, 9.17) is 10.5 Å². The number of nitrogens with two attached hydrogens (primary N) is 1. The highest BCUT2D eigenvalue weighted by Crippen LogP contribution is 2.28. The number of carbonyl (C=O) groups excluding carboxylic acids is 1. The molecule has 0 saturated heterocycles. The molecule has 0 heterocycles. The van der Waals surface area contributed by atoms with Crippen LogP contribution in [0.5, 0.6) is 11.5 Å². The van der Waals surface area contributed by atoms with E-state index in [-0.39, 0.29) is 42.6 Å². The molecule has 24 heavy (non-hydrogen) atoms. The van der Waals surface area contributed by atoms with Crippen LogP contribution in [0, 0.1) is 5.92 Å². The summed E-state index contributed by atoms with van der Waals surface area (Å²) in [6, 6.07) is 4.56. The van der Waals surface area contributed by atoms with Crippen molar-refractivity contribution in [3.8, 4) is 11.5 Å². The Labute approximate surface area is 146 Å². The van der Waals surface area contributed by atoms with Gasteiger partial charge in [0.2, 0.25) is 5.91 Å². The van der Waals surface area contributed by atoms with Crippen molar-refractivity contribution in [1.82, 2.24) is 5.32 Å². The van der Waals surface area contributed by atoms with Crippen molar-refractivity contribution in [3.63, 3.8) is 0 Å². The smallest absolute Gasteiger partial charge is 0.387 e. The summed E-state index contributed by atoms with van der Waals surface area (Å²) in [6.07, 6.45) is 3.30. The predicted molar refractivity (Wildman–Crippen MR) is 88.7 cm³/mol.